The van der Waals surface area contributed by atoms with Crippen molar-refractivity contribution in [3.63, 3.8) is 0 Å². The van der Waals surface area contributed by atoms with Crippen molar-refractivity contribution in [3.05, 3.63) is 0 Å². The summed E-state index contributed by atoms with van der Waals surface area (Å²) < 4.78 is 25.4. The summed E-state index contributed by atoms with van der Waals surface area (Å²) in [7, 11) is -3.44. The van der Waals surface area contributed by atoms with Crippen LogP contribution in [0.5, 0.6) is 0 Å². The molecule has 0 aliphatic carbocycles. The predicted molar refractivity (Wildman–Crippen MR) is 34.2 cm³/mol. The first-order valence-electron chi connectivity index (χ1n) is 2.59. The lowest BCUT2D eigenvalue weighted by Gasteiger charge is -2.04. The van der Waals surface area contributed by atoms with Crippen LogP contribution in [0.2, 0.25) is 0 Å². The van der Waals surface area contributed by atoms with Crippen molar-refractivity contribution < 1.29 is 12.6 Å². The van der Waals surface area contributed by atoms with Gasteiger partial charge >= 0.3 is 0 Å². The topological polar surface area (TPSA) is 69.4 Å². The van der Waals surface area contributed by atoms with Crippen molar-refractivity contribution in [1.82, 2.24) is 0 Å². The minimum Gasteiger partial charge on any atom is -0.316 e. The monoisotopic (exact) mass is 153 g/mol. The lowest BCUT2D eigenvalue weighted by Crippen LogP contribution is -2.20. The zero-order valence-electron chi connectivity index (χ0n) is 5.49. The van der Waals surface area contributed by atoms with Crippen molar-refractivity contribution in [2.45, 2.75) is 20.0 Å². The Hall–Kier alpha value is -0.130. The van der Waals surface area contributed by atoms with E-state index in [0.29, 0.717) is 0 Å². The largest absolute Gasteiger partial charge is 0.316 e. The van der Waals surface area contributed by atoms with Crippen LogP contribution in [0.3, 0.4) is 0 Å². The van der Waals surface area contributed by atoms with Crippen molar-refractivity contribution in [2.75, 3.05) is 5.88 Å². The van der Waals surface area contributed by atoms with E-state index in [1.165, 1.54) is 0 Å². The molecule has 56 valence electrons. The maximum absolute atomic E-state index is 10.5. The smallest absolute Gasteiger partial charge is 0.280 e. The second-order valence-electron chi connectivity index (χ2n) is 1.87. The van der Waals surface area contributed by atoms with Crippen molar-refractivity contribution in [3.8, 4) is 0 Å². The highest BCUT2D eigenvalue weighted by molar-refractivity contribution is 7.86. The molecule has 0 spiro atoms. The van der Waals surface area contributed by atoms with Crippen LogP contribution in [-0.2, 0) is 14.3 Å². The van der Waals surface area contributed by atoms with Gasteiger partial charge in [0.05, 0.1) is 6.10 Å². The van der Waals surface area contributed by atoms with E-state index in [1.54, 1.807) is 13.8 Å². The molecule has 0 fully saturated rings. The first-order valence-corrected chi connectivity index (χ1v) is 4.16. The molecular formula is C4H11NO3S. The van der Waals surface area contributed by atoms with Gasteiger partial charge in [-0.15, -0.1) is 0 Å². The Balaban J connectivity index is 3.90. The first-order chi connectivity index (χ1) is 3.98. The second kappa shape index (κ2) is 3.14. The van der Waals surface area contributed by atoms with Gasteiger partial charge in [-0.05, 0) is 13.8 Å². The van der Waals surface area contributed by atoms with Crippen LogP contribution in [0.1, 0.15) is 13.8 Å². The molecule has 0 aliphatic rings. The Bertz CT molecular complexity index is 161. The van der Waals surface area contributed by atoms with Crippen LogP contribution in [0.4, 0.5) is 0 Å². The van der Waals surface area contributed by atoms with Crippen LogP contribution in [0, 0.1) is 0 Å². The molecule has 0 bridgehead atoms. The van der Waals surface area contributed by atoms with E-state index in [4.69, 9.17) is 5.73 Å². The normalized spacial score (nSPS) is 12.4. The summed E-state index contributed by atoms with van der Waals surface area (Å²) in [5, 5.41) is 0. The van der Waals surface area contributed by atoms with E-state index in [2.05, 4.69) is 4.18 Å². The Morgan fingerprint density at radius 2 is 2.00 bits per heavy atom. The Morgan fingerprint density at radius 1 is 1.56 bits per heavy atom. The quantitative estimate of drug-likeness (QED) is 0.563. The molecule has 0 atom stereocenters. The predicted octanol–water partition coefficient (Wildman–Crippen LogP) is -0.343. The summed E-state index contributed by atoms with van der Waals surface area (Å²) in [5.74, 6) is -0.453. The van der Waals surface area contributed by atoms with Crippen LogP contribution in [-0.4, -0.2) is 20.4 Å². The molecular weight excluding hydrogens is 142 g/mol. The van der Waals surface area contributed by atoms with Gasteiger partial charge < -0.3 is 5.73 Å². The van der Waals surface area contributed by atoms with E-state index < -0.39 is 16.0 Å². The average molecular weight is 153 g/mol. The highest BCUT2D eigenvalue weighted by Gasteiger charge is 2.08. The lowest BCUT2D eigenvalue weighted by molar-refractivity contribution is 0.249. The van der Waals surface area contributed by atoms with E-state index in [9.17, 15) is 8.42 Å². The Labute approximate surface area is 55.1 Å². The summed E-state index contributed by atoms with van der Waals surface area (Å²) in [6.07, 6.45) is -0.321. The molecule has 0 amide bonds. The van der Waals surface area contributed by atoms with Crippen LogP contribution < -0.4 is 5.73 Å². The molecule has 0 aromatic heterocycles. The van der Waals surface area contributed by atoms with Crippen LogP contribution in [0.15, 0.2) is 0 Å². The Morgan fingerprint density at radius 3 is 2.11 bits per heavy atom. The highest BCUT2D eigenvalue weighted by atomic mass is 32.2. The number of hydrogen-bond acceptors (Lipinski definition) is 4. The molecule has 5 heteroatoms. The molecule has 0 rings (SSSR count). The molecule has 2 N–H and O–H groups in total. The molecule has 0 saturated carbocycles. The molecule has 9 heavy (non-hydrogen) atoms. The number of nitrogens with two attached hydrogens (primary N) is 1. The summed E-state index contributed by atoms with van der Waals surface area (Å²) in [5.41, 5.74) is 4.84. The van der Waals surface area contributed by atoms with Gasteiger partial charge in [0.1, 0.15) is 5.88 Å². The highest BCUT2D eigenvalue weighted by Crippen LogP contribution is 1.95. The van der Waals surface area contributed by atoms with Crippen molar-refractivity contribution in [1.29, 1.82) is 0 Å². The van der Waals surface area contributed by atoms with E-state index in [0.717, 1.165) is 0 Å². The molecule has 0 radical (unpaired) electrons. The fourth-order valence-corrected chi connectivity index (χ4v) is 0.998. The van der Waals surface area contributed by atoms with Gasteiger partial charge in [0.25, 0.3) is 10.1 Å². The molecule has 0 unspecified atom stereocenters. The first kappa shape index (κ1) is 8.87. The van der Waals surface area contributed by atoms with Gasteiger partial charge in [0.15, 0.2) is 0 Å². The zero-order valence-corrected chi connectivity index (χ0v) is 6.31. The summed E-state index contributed by atoms with van der Waals surface area (Å²) in [4.78, 5) is 0. The fourth-order valence-electron chi connectivity index (χ4n) is 0.333. The lowest BCUT2D eigenvalue weighted by atomic mass is 10.5. The summed E-state index contributed by atoms with van der Waals surface area (Å²) >= 11 is 0. The molecule has 0 saturated heterocycles. The zero-order chi connectivity index (χ0) is 7.49. The maximum atomic E-state index is 10.5. The minimum atomic E-state index is -3.44. The van der Waals surface area contributed by atoms with Crippen LogP contribution >= 0.6 is 0 Å². The summed E-state index contributed by atoms with van der Waals surface area (Å²) in [6, 6.07) is 0. The van der Waals surface area contributed by atoms with Gasteiger partial charge in [-0.3, -0.25) is 4.18 Å². The van der Waals surface area contributed by atoms with Gasteiger partial charge in [-0.1, -0.05) is 0 Å². The van der Waals surface area contributed by atoms with E-state index >= 15 is 0 Å². The van der Waals surface area contributed by atoms with Gasteiger partial charge in [-0.2, -0.15) is 8.42 Å². The third-order valence-corrected chi connectivity index (χ3v) is 1.63. The van der Waals surface area contributed by atoms with Crippen molar-refractivity contribution >= 4 is 10.1 Å². The number of hydrogen-bond donors (Lipinski definition) is 1. The number of rotatable bonds is 3. The fraction of sp³-hybridized carbons (Fsp3) is 1.00. The summed E-state index contributed by atoms with van der Waals surface area (Å²) in [6.45, 7) is 3.26. The minimum absolute atomic E-state index is 0.321. The van der Waals surface area contributed by atoms with Gasteiger partial charge in [0.2, 0.25) is 0 Å². The van der Waals surface area contributed by atoms with Crippen LogP contribution in [0.25, 0.3) is 0 Å². The van der Waals surface area contributed by atoms with Gasteiger partial charge in [-0.25, -0.2) is 0 Å². The average Bonchev–Trinajstić information content (AvgIpc) is 1.63. The SMILES string of the molecule is CC(C)OS(=O)(=O)CN. The Kier molecular flexibility index (Phi) is 3.10. The second-order valence-corrected chi connectivity index (χ2v) is 3.51. The van der Waals surface area contributed by atoms with Crippen molar-refractivity contribution in [2.24, 2.45) is 5.73 Å². The molecule has 0 aromatic rings. The van der Waals surface area contributed by atoms with E-state index in [-0.39, 0.29) is 6.10 Å². The third-order valence-electron chi connectivity index (χ3n) is 0.543. The van der Waals surface area contributed by atoms with Gasteiger partial charge in [0, 0.05) is 0 Å². The molecule has 0 aliphatic heterocycles. The van der Waals surface area contributed by atoms with E-state index in [1.807, 2.05) is 0 Å². The molecule has 0 aromatic carbocycles. The standard InChI is InChI=1S/C4H11NO3S/c1-4(2)8-9(6,7)3-5/h4H,3,5H2,1-2H3. The molecule has 0 heterocycles. The molecule has 4 nitrogen and oxygen atoms in total. The maximum Gasteiger partial charge on any atom is 0.280 e. The third kappa shape index (κ3) is 4.38.